The second kappa shape index (κ2) is 7.62. The molecule has 28 heavy (non-hydrogen) atoms. The summed E-state index contributed by atoms with van der Waals surface area (Å²) in [6, 6.07) is 7.58. The zero-order valence-corrected chi connectivity index (χ0v) is 16.2. The number of nitrogens with two attached hydrogens (primary N) is 1. The number of primary amides is 1. The van der Waals surface area contributed by atoms with E-state index in [0.717, 1.165) is 70.3 Å². The van der Waals surface area contributed by atoms with Crippen molar-refractivity contribution in [1.29, 1.82) is 0 Å². The van der Waals surface area contributed by atoms with Gasteiger partial charge in [0.2, 0.25) is 5.91 Å². The van der Waals surface area contributed by atoms with E-state index in [2.05, 4.69) is 9.80 Å². The van der Waals surface area contributed by atoms with E-state index >= 15 is 0 Å². The topological polar surface area (TPSA) is 96.1 Å². The number of carbonyl (C=O) groups excluding carboxylic acids is 2. The van der Waals surface area contributed by atoms with Gasteiger partial charge in [-0.25, -0.2) is 4.79 Å². The SMILES string of the molecule is NC(=O)Oc1ccc(N2CCCC3(CCN(C4CCC(O)CC4)C3=O)C2)cc1. The van der Waals surface area contributed by atoms with Crippen LogP contribution < -0.4 is 15.4 Å². The molecule has 2 aliphatic heterocycles. The number of rotatable bonds is 3. The highest BCUT2D eigenvalue weighted by atomic mass is 16.5. The smallest absolute Gasteiger partial charge is 0.409 e. The Labute approximate surface area is 165 Å². The molecule has 1 aromatic carbocycles. The Morgan fingerprint density at radius 3 is 2.50 bits per heavy atom. The molecule has 0 radical (unpaired) electrons. The van der Waals surface area contributed by atoms with Crippen LogP contribution in [0, 0.1) is 5.41 Å². The summed E-state index contributed by atoms with van der Waals surface area (Å²) in [6.07, 6.45) is 5.23. The molecule has 2 heterocycles. The van der Waals surface area contributed by atoms with Crippen LogP contribution in [0.1, 0.15) is 44.9 Å². The largest absolute Gasteiger partial charge is 0.411 e. The molecular formula is C21H29N3O4. The molecule has 4 rings (SSSR count). The van der Waals surface area contributed by atoms with Crippen molar-refractivity contribution in [3.05, 3.63) is 24.3 Å². The number of benzene rings is 1. The maximum atomic E-state index is 13.4. The van der Waals surface area contributed by atoms with Crippen LogP contribution in [0.25, 0.3) is 0 Å². The van der Waals surface area contributed by atoms with Crippen molar-refractivity contribution in [2.45, 2.75) is 57.1 Å². The lowest BCUT2D eigenvalue weighted by atomic mass is 9.78. The molecule has 0 bridgehead atoms. The Bertz CT molecular complexity index is 730. The van der Waals surface area contributed by atoms with Gasteiger partial charge in [-0.05, 0) is 69.2 Å². The molecule has 1 spiro atoms. The number of aliphatic hydroxyl groups excluding tert-OH is 1. The maximum absolute atomic E-state index is 13.4. The molecule has 7 heteroatoms. The summed E-state index contributed by atoms with van der Waals surface area (Å²) in [7, 11) is 0. The summed E-state index contributed by atoms with van der Waals surface area (Å²) in [4.78, 5) is 28.6. The van der Waals surface area contributed by atoms with Crippen molar-refractivity contribution < 1.29 is 19.4 Å². The number of anilines is 1. The third-order valence-electron chi connectivity index (χ3n) is 6.65. The van der Waals surface area contributed by atoms with E-state index in [9.17, 15) is 14.7 Å². The second-order valence-corrected chi connectivity index (χ2v) is 8.43. The fraction of sp³-hybridized carbons (Fsp3) is 0.619. The quantitative estimate of drug-likeness (QED) is 0.829. The predicted molar refractivity (Wildman–Crippen MR) is 105 cm³/mol. The number of amides is 2. The highest BCUT2D eigenvalue weighted by molar-refractivity contribution is 5.86. The third-order valence-corrected chi connectivity index (χ3v) is 6.65. The minimum absolute atomic E-state index is 0.199. The zero-order valence-electron chi connectivity index (χ0n) is 16.2. The third kappa shape index (κ3) is 3.68. The first-order valence-corrected chi connectivity index (χ1v) is 10.3. The summed E-state index contributed by atoms with van der Waals surface area (Å²) in [5.41, 5.74) is 5.79. The standard InChI is InChI=1S/C21H29N3O4/c22-20(27)28-18-8-4-15(5-9-18)23-12-1-10-21(14-23)11-13-24(19(21)26)16-2-6-17(25)7-3-16/h4-5,8-9,16-17,25H,1-3,6-7,10-14H2,(H2,22,27). The normalized spacial score (nSPS) is 30.7. The van der Waals surface area contributed by atoms with Gasteiger partial charge in [-0.3, -0.25) is 4.79 Å². The van der Waals surface area contributed by atoms with Gasteiger partial charge < -0.3 is 25.4 Å². The molecule has 1 unspecified atom stereocenters. The number of hydrogen-bond donors (Lipinski definition) is 2. The maximum Gasteiger partial charge on any atom is 0.409 e. The second-order valence-electron chi connectivity index (χ2n) is 8.43. The molecule has 3 aliphatic rings. The van der Waals surface area contributed by atoms with Crippen LogP contribution >= 0.6 is 0 Å². The van der Waals surface area contributed by atoms with Gasteiger partial charge >= 0.3 is 6.09 Å². The van der Waals surface area contributed by atoms with Crippen molar-refractivity contribution in [3.63, 3.8) is 0 Å². The Kier molecular flexibility index (Phi) is 5.19. The average Bonchev–Trinajstić information content (AvgIpc) is 2.98. The number of carbonyl (C=O) groups is 2. The first-order valence-electron chi connectivity index (χ1n) is 10.3. The summed E-state index contributed by atoms with van der Waals surface area (Å²) in [5, 5.41) is 9.76. The predicted octanol–water partition coefficient (Wildman–Crippen LogP) is 2.27. The van der Waals surface area contributed by atoms with Crippen molar-refractivity contribution in [2.24, 2.45) is 11.1 Å². The van der Waals surface area contributed by atoms with Crippen molar-refractivity contribution in [1.82, 2.24) is 4.90 Å². The Hall–Kier alpha value is -2.28. The average molecular weight is 387 g/mol. The van der Waals surface area contributed by atoms with E-state index in [1.54, 1.807) is 12.1 Å². The van der Waals surface area contributed by atoms with Crippen LogP contribution in [0.15, 0.2) is 24.3 Å². The van der Waals surface area contributed by atoms with E-state index in [0.29, 0.717) is 11.7 Å². The molecule has 3 fully saturated rings. The number of ether oxygens (including phenoxy) is 1. The molecular weight excluding hydrogens is 358 g/mol. The van der Waals surface area contributed by atoms with Gasteiger partial charge in [0.25, 0.3) is 0 Å². The first kappa shape index (κ1) is 19.1. The lowest BCUT2D eigenvalue weighted by molar-refractivity contribution is -0.139. The molecule has 7 nitrogen and oxygen atoms in total. The summed E-state index contributed by atoms with van der Waals surface area (Å²) < 4.78 is 4.90. The minimum atomic E-state index is -0.823. The van der Waals surface area contributed by atoms with E-state index < -0.39 is 6.09 Å². The first-order chi connectivity index (χ1) is 13.5. The van der Waals surface area contributed by atoms with Crippen LogP contribution in [-0.4, -0.2) is 53.8 Å². The van der Waals surface area contributed by atoms with Crippen LogP contribution in [0.4, 0.5) is 10.5 Å². The van der Waals surface area contributed by atoms with Crippen molar-refractivity contribution in [3.8, 4) is 5.75 Å². The number of likely N-dealkylation sites (tertiary alicyclic amines) is 1. The van der Waals surface area contributed by atoms with E-state index in [1.165, 1.54) is 0 Å². The molecule has 3 N–H and O–H groups in total. The summed E-state index contributed by atoms with van der Waals surface area (Å²) in [6.45, 7) is 2.48. The highest BCUT2D eigenvalue weighted by Crippen LogP contribution is 2.43. The number of nitrogens with zero attached hydrogens (tertiary/aromatic N) is 2. The van der Waals surface area contributed by atoms with E-state index in [-0.39, 0.29) is 17.6 Å². The van der Waals surface area contributed by atoms with E-state index in [4.69, 9.17) is 10.5 Å². The lowest BCUT2D eigenvalue weighted by Crippen LogP contribution is -2.50. The van der Waals surface area contributed by atoms with E-state index in [1.807, 2.05) is 12.1 Å². The number of hydrogen-bond acceptors (Lipinski definition) is 5. The fourth-order valence-corrected chi connectivity index (χ4v) is 5.14. The zero-order chi connectivity index (χ0) is 19.7. The molecule has 2 saturated heterocycles. The monoisotopic (exact) mass is 387 g/mol. The number of aliphatic hydroxyl groups is 1. The van der Waals surface area contributed by atoms with Crippen LogP contribution in [0.5, 0.6) is 5.75 Å². The molecule has 152 valence electrons. The molecule has 1 atom stereocenters. The minimum Gasteiger partial charge on any atom is -0.411 e. The number of piperidine rings is 1. The van der Waals surface area contributed by atoms with Gasteiger partial charge in [-0.1, -0.05) is 0 Å². The van der Waals surface area contributed by atoms with Gasteiger partial charge in [0, 0.05) is 31.4 Å². The molecule has 0 aromatic heterocycles. The van der Waals surface area contributed by atoms with Gasteiger partial charge in [0.05, 0.1) is 11.5 Å². The van der Waals surface area contributed by atoms with Crippen LogP contribution in [0.2, 0.25) is 0 Å². The van der Waals surface area contributed by atoms with Crippen LogP contribution in [-0.2, 0) is 4.79 Å². The Morgan fingerprint density at radius 1 is 1.11 bits per heavy atom. The molecule has 1 saturated carbocycles. The van der Waals surface area contributed by atoms with Crippen LogP contribution in [0.3, 0.4) is 0 Å². The molecule has 1 aliphatic carbocycles. The highest BCUT2D eigenvalue weighted by Gasteiger charge is 2.50. The lowest BCUT2D eigenvalue weighted by Gasteiger charge is -2.41. The summed E-state index contributed by atoms with van der Waals surface area (Å²) >= 11 is 0. The van der Waals surface area contributed by atoms with Gasteiger partial charge in [0.1, 0.15) is 5.75 Å². The van der Waals surface area contributed by atoms with Crippen molar-refractivity contribution in [2.75, 3.05) is 24.5 Å². The Balaban J connectivity index is 1.44. The summed E-state index contributed by atoms with van der Waals surface area (Å²) in [5.74, 6) is 0.720. The molecule has 1 aromatic rings. The van der Waals surface area contributed by atoms with Gasteiger partial charge in [-0.2, -0.15) is 0 Å². The van der Waals surface area contributed by atoms with Gasteiger partial charge in [-0.15, -0.1) is 0 Å². The van der Waals surface area contributed by atoms with Gasteiger partial charge in [0.15, 0.2) is 0 Å². The fourth-order valence-electron chi connectivity index (χ4n) is 5.14. The van der Waals surface area contributed by atoms with Crippen molar-refractivity contribution >= 4 is 17.7 Å². The molecule has 2 amide bonds. The Morgan fingerprint density at radius 2 is 1.82 bits per heavy atom.